The summed E-state index contributed by atoms with van der Waals surface area (Å²) in [6, 6.07) is 4.84. The van der Waals surface area contributed by atoms with Crippen LogP contribution < -0.4 is 10.6 Å². The van der Waals surface area contributed by atoms with Gasteiger partial charge in [-0.3, -0.25) is 9.59 Å². The molecule has 2 N–H and O–H groups in total. The predicted molar refractivity (Wildman–Crippen MR) is 119 cm³/mol. The maximum Gasteiger partial charge on any atom is 0.341 e. The van der Waals surface area contributed by atoms with Gasteiger partial charge in [0.15, 0.2) is 9.84 Å². The number of fused-ring (bicyclic) bond motifs is 1. The van der Waals surface area contributed by atoms with Crippen LogP contribution in [0.4, 0.5) is 15.1 Å². The van der Waals surface area contributed by atoms with Crippen LogP contribution in [-0.4, -0.2) is 44.3 Å². The van der Waals surface area contributed by atoms with E-state index in [2.05, 4.69) is 10.6 Å². The van der Waals surface area contributed by atoms with E-state index in [0.717, 1.165) is 41.8 Å². The molecule has 172 valence electrons. The van der Waals surface area contributed by atoms with Crippen molar-refractivity contribution < 1.29 is 31.9 Å². The van der Waals surface area contributed by atoms with Gasteiger partial charge in [-0.2, -0.15) is 0 Å². The van der Waals surface area contributed by atoms with Gasteiger partial charge in [0.2, 0.25) is 11.8 Å². The molecule has 1 aliphatic carbocycles. The van der Waals surface area contributed by atoms with E-state index in [1.54, 1.807) is 6.92 Å². The molecule has 0 spiro atoms. The third kappa shape index (κ3) is 6.13. The molecule has 8 nitrogen and oxygen atoms in total. The number of carbonyl (C=O) groups excluding carboxylic acids is 3. The van der Waals surface area contributed by atoms with Crippen molar-refractivity contribution in [3.63, 3.8) is 0 Å². The van der Waals surface area contributed by atoms with E-state index < -0.39 is 44.9 Å². The molecule has 32 heavy (non-hydrogen) atoms. The monoisotopic (exact) mass is 482 g/mol. The molecule has 2 aromatic rings. The summed E-state index contributed by atoms with van der Waals surface area (Å²) in [7, 11) is -4.08. The summed E-state index contributed by atoms with van der Waals surface area (Å²) in [6.45, 7) is 1.85. The average Bonchev–Trinajstić information content (AvgIpc) is 3.06. The van der Waals surface area contributed by atoms with Crippen molar-refractivity contribution in [2.75, 3.05) is 28.7 Å². The normalized spacial score (nSPS) is 13.2. The quantitative estimate of drug-likeness (QED) is 0.559. The lowest BCUT2D eigenvalue weighted by atomic mass is 9.95. The molecule has 1 heterocycles. The number of hydrogen-bond donors (Lipinski definition) is 2. The van der Waals surface area contributed by atoms with E-state index in [9.17, 15) is 27.2 Å². The van der Waals surface area contributed by atoms with Gasteiger partial charge in [-0.05, 0) is 62.4 Å². The summed E-state index contributed by atoms with van der Waals surface area (Å²) in [5.74, 6) is -4.57. The van der Waals surface area contributed by atoms with E-state index in [1.165, 1.54) is 23.5 Å². The van der Waals surface area contributed by atoms with Crippen molar-refractivity contribution in [3.8, 4) is 0 Å². The molecule has 0 radical (unpaired) electrons. The van der Waals surface area contributed by atoms with Crippen LogP contribution in [0.15, 0.2) is 24.3 Å². The number of anilines is 2. The zero-order chi connectivity index (χ0) is 23.3. The van der Waals surface area contributed by atoms with Crippen molar-refractivity contribution in [2.45, 2.75) is 32.6 Å². The molecule has 1 aromatic carbocycles. The summed E-state index contributed by atoms with van der Waals surface area (Å²) in [6.07, 6.45) is 3.36. The van der Waals surface area contributed by atoms with Gasteiger partial charge in [0.1, 0.15) is 22.3 Å². The smallest absolute Gasteiger partial charge is 0.341 e. The number of thiophene rings is 1. The molecule has 0 saturated heterocycles. The summed E-state index contributed by atoms with van der Waals surface area (Å²) in [4.78, 5) is 37.9. The zero-order valence-corrected chi connectivity index (χ0v) is 19.0. The lowest BCUT2D eigenvalue weighted by Crippen LogP contribution is -2.30. The second-order valence-electron chi connectivity index (χ2n) is 7.27. The van der Waals surface area contributed by atoms with E-state index >= 15 is 0 Å². The Hall–Kier alpha value is -2.79. The fourth-order valence-electron chi connectivity index (χ4n) is 3.42. The first-order valence-corrected chi connectivity index (χ1v) is 12.7. The number of sulfone groups is 1. The van der Waals surface area contributed by atoms with Gasteiger partial charge in [-0.25, -0.2) is 17.6 Å². The number of benzene rings is 1. The van der Waals surface area contributed by atoms with Crippen molar-refractivity contribution in [3.05, 3.63) is 46.1 Å². The molecule has 0 unspecified atom stereocenters. The van der Waals surface area contributed by atoms with Crippen molar-refractivity contribution in [1.29, 1.82) is 0 Å². The second-order valence-corrected chi connectivity index (χ2v) is 10.4. The number of aryl methyl sites for hydroxylation is 1. The molecule has 1 aliphatic rings. The van der Waals surface area contributed by atoms with E-state index in [4.69, 9.17) is 4.74 Å². The fraction of sp³-hybridized carbons (Fsp3) is 0.381. The number of esters is 1. The maximum absolute atomic E-state index is 12.9. The highest BCUT2D eigenvalue weighted by molar-refractivity contribution is 7.92. The van der Waals surface area contributed by atoms with E-state index in [1.807, 2.05) is 0 Å². The highest BCUT2D eigenvalue weighted by Gasteiger charge is 2.28. The molecule has 1 aromatic heterocycles. The van der Waals surface area contributed by atoms with Crippen LogP contribution in [0.25, 0.3) is 0 Å². The molecule has 0 fully saturated rings. The summed E-state index contributed by atoms with van der Waals surface area (Å²) in [5, 5.41) is 5.13. The Morgan fingerprint density at radius 3 is 2.31 bits per heavy atom. The highest BCUT2D eigenvalue weighted by atomic mass is 32.2. The summed E-state index contributed by atoms with van der Waals surface area (Å²) in [5.41, 5.74) is 1.36. The first-order chi connectivity index (χ1) is 15.2. The standard InChI is InChI=1S/C21H23FN2O6S2/c1-2-30-21(27)19-15-5-3-4-6-16(15)31-20(19)24-18(26)12-32(28,29)11-17(25)23-14-9-7-13(22)8-10-14/h7-10H,2-6,11-12H2,1H3,(H,23,25)(H,24,26). The third-order valence-corrected chi connectivity index (χ3v) is 7.35. The van der Waals surface area contributed by atoms with Gasteiger partial charge < -0.3 is 15.4 Å². The topological polar surface area (TPSA) is 119 Å². The Bertz CT molecular complexity index is 1130. The Morgan fingerprint density at radius 2 is 1.66 bits per heavy atom. The number of carbonyl (C=O) groups is 3. The van der Waals surface area contributed by atoms with Gasteiger partial charge in [0.05, 0.1) is 12.2 Å². The Labute approximate surface area is 189 Å². The minimum Gasteiger partial charge on any atom is -0.462 e. The van der Waals surface area contributed by atoms with Crippen LogP contribution in [0.2, 0.25) is 0 Å². The van der Waals surface area contributed by atoms with Gasteiger partial charge in [0.25, 0.3) is 0 Å². The summed E-state index contributed by atoms with van der Waals surface area (Å²) >= 11 is 1.25. The van der Waals surface area contributed by atoms with Gasteiger partial charge in [-0.15, -0.1) is 11.3 Å². The number of amides is 2. The minimum absolute atomic E-state index is 0.175. The molecule has 0 aliphatic heterocycles. The third-order valence-electron chi connectivity index (χ3n) is 4.73. The lowest BCUT2D eigenvalue weighted by molar-refractivity contribution is -0.114. The minimum atomic E-state index is -4.08. The predicted octanol–water partition coefficient (Wildman–Crippen LogP) is 2.93. The molecule has 0 atom stereocenters. The second kappa shape index (κ2) is 10.2. The molecule has 2 amide bonds. The first-order valence-electron chi connectivity index (χ1n) is 10.1. The van der Waals surface area contributed by atoms with Crippen molar-refractivity contribution in [2.24, 2.45) is 0 Å². The Morgan fingerprint density at radius 1 is 1.03 bits per heavy atom. The zero-order valence-electron chi connectivity index (χ0n) is 17.4. The summed E-state index contributed by atoms with van der Waals surface area (Å²) < 4.78 is 42.7. The van der Waals surface area contributed by atoms with Crippen molar-refractivity contribution in [1.82, 2.24) is 0 Å². The fourth-order valence-corrected chi connectivity index (χ4v) is 5.76. The van der Waals surface area contributed by atoms with Crippen LogP contribution in [0.5, 0.6) is 0 Å². The van der Waals surface area contributed by atoms with Gasteiger partial charge >= 0.3 is 5.97 Å². The van der Waals surface area contributed by atoms with Crippen LogP contribution in [0.3, 0.4) is 0 Å². The number of halogens is 1. The molecule has 3 rings (SSSR count). The van der Waals surface area contributed by atoms with Gasteiger partial charge in [0, 0.05) is 10.6 Å². The Kier molecular flexibility index (Phi) is 7.62. The maximum atomic E-state index is 12.9. The lowest BCUT2D eigenvalue weighted by Gasteiger charge is -2.12. The largest absolute Gasteiger partial charge is 0.462 e. The number of nitrogens with one attached hydrogen (secondary N) is 2. The number of rotatable bonds is 8. The molecule has 11 heteroatoms. The number of hydrogen-bond acceptors (Lipinski definition) is 7. The average molecular weight is 483 g/mol. The van der Waals surface area contributed by atoms with Gasteiger partial charge in [-0.1, -0.05) is 0 Å². The Balaban J connectivity index is 1.66. The van der Waals surface area contributed by atoms with Crippen LogP contribution in [0.1, 0.15) is 40.6 Å². The number of ether oxygens (including phenoxy) is 1. The SMILES string of the molecule is CCOC(=O)c1c(NC(=O)CS(=O)(=O)CC(=O)Nc2ccc(F)cc2)sc2c1CCCC2. The van der Waals surface area contributed by atoms with E-state index in [-0.39, 0.29) is 22.9 Å². The molecule has 0 bridgehead atoms. The van der Waals surface area contributed by atoms with Crippen molar-refractivity contribution >= 4 is 49.6 Å². The van der Waals surface area contributed by atoms with Crippen LogP contribution >= 0.6 is 11.3 Å². The first kappa shape index (κ1) is 23.9. The highest BCUT2D eigenvalue weighted by Crippen LogP contribution is 2.38. The molecular formula is C21H23FN2O6S2. The van der Waals surface area contributed by atoms with Crippen LogP contribution in [0, 0.1) is 5.82 Å². The molecule has 0 saturated carbocycles. The molecular weight excluding hydrogens is 459 g/mol. The van der Waals surface area contributed by atoms with Crippen LogP contribution in [-0.2, 0) is 37.0 Å². The van der Waals surface area contributed by atoms with E-state index in [0.29, 0.717) is 6.42 Å².